The minimum absolute atomic E-state index is 0.104. The van der Waals surface area contributed by atoms with Gasteiger partial charge in [0.25, 0.3) is 0 Å². The lowest BCUT2D eigenvalue weighted by Gasteiger charge is -2.22. The first-order valence-electron chi connectivity index (χ1n) is 10.0. The van der Waals surface area contributed by atoms with E-state index in [2.05, 4.69) is 36.5 Å². The molecule has 4 N–H and O–H groups in total. The van der Waals surface area contributed by atoms with E-state index in [-0.39, 0.29) is 5.84 Å². The first kappa shape index (κ1) is 19.6. The number of nitrogens with two attached hydrogens (primary N) is 1. The Morgan fingerprint density at radius 3 is 2.63 bits per heavy atom. The Morgan fingerprint density at radius 1 is 1.11 bits per heavy atom. The number of rotatable bonds is 8. The zero-order chi connectivity index (χ0) is 19.1. The average Bonchev–Trinajstić information content (AvgIpc) is 2.69. The van der Waals surface area contributed by atoms with Crippen LogP contribution in [0.4, 0.5) is 0 Å². The number of ether oxygens (including phenoxy) is 1. The molecule has 0 amide bonds. The van der Waals surface area contributed by atoms with E-state index < -0.39 is 0 Å². The monoisotopic (exact) mass is 365 g/mol. The van der Waals surface area contributed by atoms with Gasteiger partial charge in [0, 0.05) is 12.2 Å². The molecule has 27 heavy (non-hydrogen) atoms. The number of benzene rings is 2. The third-order valence-corrected chi connectivity index (χ3v) is 5.18. The maximum absolute atomic E-state index is 7.69. The SMILES string of the molecule is CCCc1cc(COCC2CCNCC2)cc(-c2cccc(C(=N)N)c2)c1. The van der Waals surface area contributed by atoms with Crippen molar-refractivity contribution >= 4 is 5.84 Å². The minimum Gasteiger partial charge on any atom is -0.384 e. The molecule has 0 saturated carbocycles. The van der Waals surface area contributed by atoms with Crippen LogP contribution in [-0.4, -0.2) is 25.5 Å². The summed E-state index contributed by atoms with van der Waals surface area (Å²) in [5, 5.41) is 11.1. The smallest absolute Gasteiger partial charge is 0.122 e. The standard InChI is InChI=1S/C23H31N3O/c1-2-4-18-11-19(16-27-15-17-7-9-26-10-8-17)13-22(12-18)20-5-3-6-21(14-20)23(24)25/h3,5-6,11-14,17,26H,2,4,7-10,15-16H2,1H3,(H3,24,25). The molecule has 2 aromatic carbocycles. The molecular weight excluding hydrogens is 334 g/mol. The molecule has 144 valence electrons. The summed E-state index contributed by atoms with van der Waals surface area (Å²) < 4.78 is 6.06. The first-order chi connectivity index (χ1) is 13.2. The molecule has 0 unspecified atom stereocenters. The molecule has 3 rings (SSSR count). The van der Waals surface area contributed by atoms with Gasteiger partial charge < -0.3 is 15.8 Å². The summed E-state index contributed by atoms with van der Waals surface area (Å²) in [6.07, 6.45) is 4.59. The van der Waals surface area contributed by atoms with E-state index >= 15 is 0 Å². The lowest BCUT2D eigenvalue weighted by atomic mass is 9.96. The average molecular weight is 366 g/mol. The minimum atomic E-state index is 0.104. The van der Waals surface area contributed by atoms with E-state index in [1.807, 2.05) is 18.2 Å². The molecule has 0 bridgehead atoms. The van der Waals surface area contributed by atoms with E-state index in [0.717, 1.165) is 43.7 Å². The Kier molecular flexibility index (Phi) is 7.02. The van der Waals surface area contributed by atoms with Crippen molar-refractivity contribution in [2.75, 3.05) is 19.7 Å². The van der Waals surface area contributed by atoms with Crippen molar-refractivity contribution < 1.29 is 4.74 Å². The Hall–Kier alpha value is -2.17. The maximum atomic E-state index is 7.69. The maximum Gasteiger partial charge on any atom is 0.122 e. The molecule has 2 aromatic rings. The summed E-state index contributed by atoms with van der Waals surface area (Å²) in [5.41, 5.74) is 11.3. The fourth-order valence-corrected chi connectivity index (χ4v) is 3.70. The molecule has 0 spiro atoms. The van der Waals surface area contributed by atoms with Crippen LogP contribution >= 0.6 is 0 Å². The Balaban J connectivity index is 1.75. The summed E-state index contributed by atoms with van der Waals surface area (Å²) in [7, 11) is 0. The van der Waals surface area contributed by atoms with Crippen molar-refractivity contribution in [2.45, 2.75) is 39.2 Å². The van der Waals surface area contributed by atoms with Crippen molar-refractivity contribution in [3.63, 3.8) is 0 Å². The second-order valence-corrected chi connectivity index (χ2v) is 7.49. The summed E-state index contributed by atoms with van der Waals surface area (Å²) in [6.45, 7) is 5.92. The molecule has 1 aliphatic heterocycles. The third kappa shape index (κ3) is 5.65. The van der Waals surface area contributed by atoms with Crippen LogP contribution in [0.1, 0.15) is 42.9 Å². The second kappa shape index (κ2) is 9.67. The number of nitrogen functional groups attached to an aromatic ring is 1. The van der Waals surface area contributed by atoms with Gasteiger partial charge in [-0.3, -0.25) is 5.41 Å². The van der Waals surface area contributed by atoms with Crippen LogP contribution in [0.5, 0.6) is 0 Å². The van der Waals surface area contributed by atoms with Gasteiger partial charge in [-0.25, -0.2) is 0 Å². The summed E-state index contributed by atoms with van der Waals surface area (Å²) in [4.78, 5) is 0. The van der Waals surface area contributed by atoms with E-state index in [4.69, 9.17) is 15.9 Å². The zero-order valence-electron chi connectivity index (χ0n) is 16.3. The fraction of sp³-hybridized carbons (Fsp3) is 0.435. The molecule has 0 aromatic heterocycles. The van der Waals surface area contributed by atoms with Crippen molar-refractivity contribution in [3.8, 4) is 11.1 Å². The molecule has 1 saturated heterocycles. The highest BCUT2D eigenvalue weighted by molar-refractivity contribution is 5.96. The lowest BCUT2D eigenvalue weighted by molar-refractivity contribution is 0.0763. The highest BCUT2D eigenvalue weighted by Gasteiger charge is 2.13. The molecule has 1 fully saturated rings. The van der Waals surface area contributed by atoms with Crippen molar-refractivity contribution in [1.29, 1.82) is 5.41 Å². The Labute approximate surface area is 162 Å². The van der Waals surface area contributed by atoms with E-state index in [9.17, 15) is 0 Å². The molecule has 4 nitrogen and oxygen atoms in total. The van der Waals surface area contributed by atoms with Crippen molar-refractivity contribution in [1.82, 2.24) is 5.32 Å². The molecule has 4 heteroatoms. The van der Waals surface area contributed by atoms with Gasteiger partial charge in [-0.05, 0) is 72.7 Å². The number of piperidine rings is 1. The largest absolute Gasteiger partial charge is 0.384 e. The van der Waals surface area contributed by atoms with Crippen LogP contribution in [0.15, 0.2) is 42.5 Å². The number of amidine groups is 1. The van der Waals surface area contributed by atoms with Crippen LogP contribution < -0.4 is 11.1 Å². The predicted octanol–water partition coefficient (Wildman–Crippen LogP) is 4.11. The molecule has 0 radical (unpaired) electrons. The van der Waals surface area contributed by atoms with Crippen LogP contribution in [0, 0.1) is 11.3 Å². The number of hydrogen-bond donors (Lipinski definition) is 3. The fourth-order valence-electron chi connectivity index (χ4n) is 3.70. The van der Waals surface area contributed by atoms with E-state index in [1.165, 1.54) is 29.5 Å². The van der Waals surface area contributed by atoms with Gasteiger partial charge in [0.05, 0.1) is 6.61 Å². The Morgan fingerprint density at radius 2 is 1.89 bits per heavy atom. The normalized spacial score (nSPS) is 15.0. The van der Waals surface area contributed by atoms with Gasteiger partial charge in [-0.15, -0.1) is 0 Å². The van der Waals surface area contributed by atoms with Gasteiger partial charge in [0.2, 0.25) is 0 Å². The topological polar surface area (TPSA) is 71.1 Å². The van der Waals surface area contributed by atoms with E-state index in [1.54, 1.807) is 0 Å². The second-order valence-electron chi connectivity index (χ2n) is 7.49. The summed E-state index contributed by atoms with van der Waals surface area (Å²) >= 11 is 0. The molecular formula is C23H31N3O. The van der Waals surface area contributed by atoms with Gasteiger partial charge in [0.15, 0.2) is 0 Å². The number of hydrogen-bond acceptors (Lipinski definition) is 3. The summed E-state index contributed by atoms with van der Waals surface area (Å²) in [6, 6.07) is 14.6. The Bertz CT molecular complexity index is 766. The highest BCUT2D eigenvalue weighted by Crippen LogP contribution is 2.25. The molecule has 1 aliphatic rings. The summed E-state index contributed by atoms with van der Waals surface area (Å²) in [5.74, 6) is 0.781. The highest BCUT2D eigenvalue weighted by atomic mass is 16.5. The lowest BCUT2D eigenvalue weighted by Crippen LogP contribution is -2.29. The van der Waals surface area contributed by atoms with Crippen LogP contribution in [-0.2, 0) is 17.8 Å². The third-order valence-electron chi connectivity index (χ3n) is 5.18. The van der Waals surface area contributed by atoms with Crippen molar-refractivity contribution in [3.05, 3.63) is 59.2 Å². The van der Waals surface area contributed by atoms with Gasteiger partial charge in [0.1, 0.15) is 5.84 Å². The molecule has 1 heterocycles. The van der Waals surface area contributed by atoms with Crippen LogP contribution in [0.2, 0.25) is 0 Å². The predicted molar refractivity (Wildman–Crippen MR) is 112 cm³/mol. The quantitative estimate of drug-likeness (QED) is 0.487. The first-order valence-corrected chi connectivity index (χ1v) is 10.0. The van der Waals surface area contributed by atoms with E-state index in [0.29, 0.717) is 12.5 Å². The van der Waals surface area contributed by atoms with Crippen LogP contribution in [0.3, 0.4) is 0 Å². The number of aryl methyl sites for hydroxylation is 1. The van der Waals surface area contributed by atoms with Gasteiger partial charge in [-0.2, -0.15) is 0 Å². The van der Waals surface area contributed by atoms with Gasteiger partial charge in [-0.1, -0.05) is 43.7 Å². The number of nitrogens with one attached hydrogen (secondary N) is 2. The van der Waals surface area contributed by atoms with Crippen LogP contribution in [0.25, 0.3) is 11.1 Å². The zero-order valence-corrected chi connectivity index (χ0v) is 16.3. The van der Waals surface area contributed by atoms with Gasteiger partial charge >= 0.3 is 0 Å². The van der Waals surface area contributed by atoms with Crippen molar-refractivity contribution in [2.24, 2.45) is 11.7 Å². The molecule has 0 atom stereocenters. The molecule has 0 aliphatic carbocycles.